The minimum Gasteiger partial charge on any atom is -0.399 e. The number of hydrogen-bond acceptors (Lipinski definition) is 3. The van der Waals surface area contributed by atoms with Gasteiger partial charge in [-0.2, -0.15) is 0 Å². The Morgan fingerprint density at radius 1 is 1.17 bits per heavy atom. The van der Waals surface area contributed by atoms with Crippen molar-refractivity contribution in [3.63, 3.8) is 0 Å². The van der Waals surface area contributed by atoms with Gasteiger partial charge in [-0.15, -0.1) is 0 Å². The van der Waals surface area contributed by atoms with Gasteiger partial charge in [-0.05, 0) is 64.2 Å². The van der Waals surface area contributed by atoms with Crippen molar-refractivity contribution in [3.05, 3.63) is 23.8 Å². The van der Waals surface area contributed by atoms with E-state index in [-0.39, 0.29) is 5.91 Å². The van der Waals surface area contributed by atoms with Crippen molar-refractivity contribution in [1.29, 1.82) is 0 Å². The first kappa shape index (κ1) is 18.6. The first-order valence-corrected chi connectivity index (χ1v) is 9.46. The molecule has 2 atom stereocenters. The summed E-state index contributed by atoms with van der Waals surface area (Å²) in [7, 11) is 0. The van der Waals surface area contributed by atoms with Crippen molar-refractivity contribution in [2.24, 2.45) is 0 Å². The molecule has 0 bridgehead atoms. The first-order chi connectivity index (χ1) is 11.5. The summed E-state index contributed by atoms with van der Waals surface area (Å²) in [5, 5.41) is 0. The summed E-state index contributed by atoms with van der Waals surface area (Å²) in [5.74, 6) is 0.134. The summed E-state index contributed by atoms with van der Waals surface area (Å²) < 4.78 is 0. The fourth-order valence-corrected chi connectivity index (χ4v) is 3.85. The molecule has 0 spiro atoms. The fourth-order valence-electron chi connectivity index (χ4n) is 3.85. The molecule has 4 heteroatoms. The van der Waals surface area contributed by atoms with Gasteiger partial charge in [-0.3, -0.25) is 4.79 Å². The van der Waals surface area contributed by atoms with E-state index in [1.807, 2.05) is 18.2 Å². The maximum absolute atomic E-state index is 13.4. The van der Waals surface area contributed by atoms with Gasteiger partial charge in [0.05, 0.1) is 5.56 Å². The van der Waals surface area contributed by atoms with Crippen LogP contribution in [0.2, 0.25) is 0 Å². The summed E-state index contributed by atoms with van der Waals surface area (Å²) in [6, 6.07) is 6.38. The van der Waals surface area contributed by atoms with Crippen LogP contribution in [0.25, 0.3) is 0 Å². The molecule has 0 aliphatic carbocycles. The van der Waals surface area contributed by atoms with Gasteiger partial charge in [0.2, 0.25) is 0 Å². The van der Waals surface area contributed by atoms with E-state index >= 15 is 0 Å². The summed E-state index contributed by atoms with van der Waals surface area (Å²) >= 11 is 0. The van der Waals surface area contributed by atoms with Crippen LogP contribution in [-0.4, -0.2) is 36.0 Å². The lowest BCUT2D eigenvalue weighted by molar-refractivity contribution is 0.0511. The standard InChI is InChI=1S/C20H33N3O/c1-5-12-22(13-6-2)19-11-10-17(21)14-18(19)20(24)23-15(3)8-7-9-16(23)4/h10-11,14-16H,5-9,12-13,21H2,1-4H3/t15-,16-/m1/s1. The number of amides is 1. The van der Waals surface area contributed by atoms with Crippen LogP contribution in [0.5, 0.6) is 0 Å². The number of nitrogens with zero attached hydrogens (tertiary/aromatic N) is 2. The lowest BCUT2D eigenvalue weighted by atomic mass is 9.96. The van der Waals surface area contributed by atoms with E-state index in [9.17, 15) is 4.79 Å². The molecule has 2 N–H and O–H groups in total. The molecule has 1 fully saturated rings. The Labute approximate surface area is 147 Å². The van der Waals surface area contributed by atoms with Gasteiger partial charge in [-0.1, -0.05) is 13.8 Å². The molecule has 24 heavy (non-hydrogen) atoms. The number of likely N-dealkylation sites (tertiary alicyclic amines) is 1. The molecule has 2 rings (SSSR count). The molecule has 0 radical (unpaired) electrons. The monoisotopic (exact) mass is 331 g/mol. The van der Waals surface area contributed by atoms with Gasteiger partial charge < -0.3 is 15.5 Å². The van der Waals surface area contributed by atoms with Gasteiger partial charge in [0.25, 0.3) is 5.91 Å². The highest BCUT2D eigenvalue weighted by Crippen LogP contribution is 2.30. The van der Waals surface area contributed by atoms with E-state index in [1.165, 1.54) is 6.42 Å². The molecule has 1 aliphatic rings. The Balaban J connectivity index is 2.40. The summed E-state index contributed by atoms with van der Waals surface area (Å²) in [5.41, 5.74) is 8.47. The van der Waals surface area contributed by atoms with Crippen molar-refractivity contribution >= 4 is 17.3 Å². The van der Waals surface area contributed by atoms with Crippen LogP contribution in [0, 0.1) is 0 Å². The average molecular weight is 332 g/mol. The third kappa shape index (κ3) is 4.03. The topological polar surface area (TPSA) is 49.6 Å². The zero-order valence-electron chi connectivity index (χ0n) is 15.7. The van der Waals surface area contributed by atoms with E-state index in [1.54, 1.807) is 0 Å². The molecular formula is C20H33N3O. The van der Waals surface area contributed by atoms with Crippen LogP contribution in [0.1, 0.15) is 70.2 Å². The molecule has 1 aromatic carbocycles. The number of rotatable bonds is 6. The SMILES string of the molecule is CCCN(CCC)c1ccc(N)cc1C(=O)N1[C@H](C)CCC[C@H]1C. The lowest BCUT2D eigenvalue weighted by Crippen LogP contribution is -2.48. The van der Waals surface area contributed by atoms with E-state index in [2.05, 4.69) is 37.5 Å². The van der Waals surface area contributed by atoms with Gasteiger partial charge >= 0.3 is 0 Å². The van der Waals surface area contributed by atoms with Gasteiger partial charge in [-0.25, -0.2) is 0 Å². The van der Waals surface area contributed by atoms with Gasteiger partial charge in [0, 0.05) is 36.5 Å². The molecule has 1 aliphatic heterocycles. The summed E-state index contributed by atoms with van der Waals surface area (Å²) in [6.45, 7) is 10.6. The highest BCUT2D eigenvalue weighted by Gasteiger charge is 2.31. The van der Waals surface area contributed by atoms with Crippen molar-refractivity contribution in [1.82, 2.24) is 4.90 Å². The second-order valence-electron chi connectivity index (χ2n) is 7.11. The number of anilines is 2. The number of piperidine rings is 1. The maximum Gasteiger partial charge on any atom is 0.256 e. The number of hydrogen-bond donors (Lipinski definition) is 1. The van der Waals surface area contributed by atoms with Crippen LogP contribution in [0.4, 0.5) is 11.4 Å². The highest BCUT2D eigenvalue weighted by atomic mass is 16.2. The van der Waals surface area contributed by atoms with Crippen LogP contribution < -0.4 is 10.6 Å². The molecule has 1 saturated heterocycles. The Hall–Kier alpha value is -1.71. The molecule has 0 unspecified atom stereocenters. The second kappa shape index (κ2) is 8.41. The van der Waals surface area contributed by atoms with Crippen LogP contribution in [0.3, 0.4) is 0 Å². The average Bonchev–Trinajstić information content (AvgIpc) is 2.54. The molecule has 0 saturated carbocycles. The molecule has 1 amide bonds. The molecule has 1 heterocycles. The minimum absolute atomic E-state index is 0.134. The van der Waals surface area contributed by atoms with Crippen LogP contribution in [-0.2, 0) is 0 Å². The van der Waals surface area contributed by atoms with Crippen molar-refractivity contribution in [2.75, 3.05) is 23.7 Å². The number of carbonyl (C=O) groups excluding carboxylic acids is 1. The minimum atomic E-state index is 0.134. The molecular weight excluding hydrogens is 298 g/mol. The molecule has 4 nitrogen and oxygen atoms in total. The number of benzene rings is 1. The first-order valence-electron chi connectivity index (χ1n) is 9.46. The predicted molar refractivity (Wildman–Crippen MR) is 103 cm³/mol. The van der Waals surface area contributed by atoms with Gasteiger partial charge in [0.1, 0.15) is 0 Å². The molecule has 0 aromatic heterocycles. The zero-order chi connectivity index (χ0) is 17.7. The fraction of sp³-hybridized carbons (Fsp3) is 0.650. The Morgan fingerprint density at radius 2 is 1.75 bits per heavy atom. The normalized spacial score (nSPS) is 20.9. The lowest BCUT2D eigenvalue weighted by Gasteiger charge is -2.40. The number of nitrogen functional groups attached to an aromatic ring is 1. The number of nitrogens with two attached hydrogens (primary N) is 1. The molecule has 1 aromatic rings. The second-order valence-corrected chi connectivity index (χ2v) is 7.11. The summed E-state index contributed by atoms with van der Waals surface area (Å²) in [4.78, 5) is 17.7. The van der Waals surface area contributed by atoms with Crippen LogP contribution >= 0.6 is 0 Å². The predicted octanol–water partition coefficient (Wildman–Crippen LogP) is 4.30. The Morgan fingerprint density at radius 3 is 2.29 bits per heavy atom. The smallest absolute Gasteiger partial charge is 0.256 e. The van der Waals surface area contributed by atoms with E-state index in [0.29, 0.717) is 17.8 Å². The van der Waals surface area contributed by atoms with E-state index in [0.717, 1.165) is 50.0 Å². The Bertz CT molecular complexity index is 542. The maximum atomic E-state index is 13.4. The third-order valence-electron chi connectivity index (χ3n) is 5.01. The Kier molecular flexibility index (Phi) is 6.52. The van der Waals surface area contributed by atoms with Crippen molar-refractivity contribution in [3.8, 4) is 0 Å². The summed E-state index contributed by atoms with van der Waals surface area (Å²) in [6.07, 6.45) is 5.50. The van der Waals surface area contributed by atoms with Crippen molar-refractivity contribution < 1.29 is 4.79 Å². The highest BCUT2D eigenvalue weighted by molar-refractivity contribution is 6.01. The van der Waals surface area contributed by atoms with E-state index in [4.69, 9.17) is 5.73 Å². The molecule has 134 valence electrons. The number of carbonyl (C=O) groups is 1. The zero-order valence-corrected chi connectivity index (χ0v) is 15.7. The quantitative estimate of drug-likeness (QED) is 0.791. The van der Waals surface area contributed by atoms with Gasteiger partial charge in [0.15, 0.2) is 0 Å². The largest absolute Gasteiger partial charge is 0.399 e. The van der Waals surface area contributed by atoms with E-state index < -0.39 is 0 Å². The van der Waals surface area contributed by atoms with Crippen molar-refractivity contribution in [2.45, 2.75) is 71.9 Å². The third-order valence-corrected chi connectivity index (χ3v) is 5.01. The van der Waals surface area contributed by atoms with Crippen LogP contribution in [0.15, 0.2) is 18.2 Å².